The molecule has 1 aromatic carbocycles. The fourth-order valence-corrected chi connectivity index (χ4v) is 2.40. The maximum Gasteiger partial charge on any atom is 0.282 e. The van der Waals surface area contributed by atoms with Crippen molar-refractivity contribution < 1.29 is 32.4 Å². The largest absolute Gasteiger partial charge is 0.378 e. The van der Waals surface area contributed by atoms with Crippen LogP contribution in [0.25, 0.3) is 0 Å². The third kappa shape index (κ3) is 4.70. The van der Waals surface area contributed by atoms with Crippen molar-refractivity contribution in [1.29, 1.82) is 0 Å². The van der Waals surface area contributed by atoms with E-state index in [-0.39, 0.29) is 12.5 Å². The predicted molar refractivity (Wildman–Crippen MR) is 83.6 cm³/mol. The lowest BCUT2D eigenvalue weighted by molar-refractivity contribution is -0.886. The molecule has 2 atom stereocenters. The van der Waals surface area contributed by atoms with Crippen molar-refractivity contribution in [3.05, 3.63) is 29.6 Å². The topological polar surface area (TPSA) is 63.1 Å². The molecule has 1 saturated heterocycles. The maximum atomic E-state index is 13.6. The van der Waals surface area contributed by atoms with E-state index in [1.165, 1.54) is 0 Å². The van der Waals surface area contributed by atoms with Crippen molar-refractivity contribution in [3.63, 3.8) is 0 Å². The van der Waals surface area contributed by atoms with Crippen LogP contribution < -0.4 is 10.2 Å². The smallest absolute Gasteiger partial charge is 0.282 e. The molecule has 1 unspecified atom stereocenters. The molecule has 2 rings (SSSR count). The van der Waals surface area contributed by atoms with Crippen molar-refractivity contribution in [1.82, 2.24) is 4.90 Å². The molecule has 1 fully saturated rings. The fourth-order valence-electron chi connectivity index (χ4n) is 2.40. The number of carbonyl (C=O) groups is 2. The summed E-state index contributed by atoms with van der Waals surface area (Å²) in [5, 5.41) is 2.23. The molecule has 1 aromatic rings. The highest BCUT2D eigenvalue weighted by molar-refractivity contribution is 5.93. The Morgan fingerprint density at radius 1 is 1.24 bits per heavy atom. The van der Waals surface area contributed by atoms with Gasteiger partial charge in [-0.3, -0.25) is 9.59 Å². The zero-order valence-corrected chi connectivity index (χ0v) is 14.1. The van der Waals surface area contributed by atoms with E-state index in [2.05, 4.69) is 5.32 Å². The molecule has 0 aliphatic carbocycles. The summed E-state index contributed by atoms with van der Waals surface area (Å²) in [6, 6.07) is 0.988. The van der Waals surface area contributed by atoms with Crippen LogP contribution >= 0.6 is 0 Å². The summed E-state index contributed by atoms with van der Waals surface area (Å²) in [4.78, 5) is 26.7. The second kappa shape index (κ2) is 8.30. The summed E-state index contributed by atoms with van der Waals surface area (Å²) in [5.41, 5.74) is -0.442. The second-order valence-electron chi connectivity index (χ2n) is 5.95. The number of anilines is 1. The molecule has 25 heavy (non-hydrogen) atoms. The Labute approximate surface area is 143 Å². The number of quaternary nitrogens is 1. The Hall–Kier alpha value is -2.13. The van der Waals surface area contributed by atoms with Gasteiger partial charge in [0.05, 0.1) is 25.9 Å². The van der Waals surface area contributed by atoms with Gasteiger partial charge in [0.25, 0.3) is 11.8 Å². The Bertz CT molecular complexity index is 651. The molecular formula is C16H21F3N3O3+. The first-order valence-electron chi connectivity index (χ1n) is 7.93. The number of hydrogen-bond acceptors (Lipinski definition) is 3. The average molecular weight is 360 g/mol. The van der Waals surface area contributed by atoms with E-state index in [9.17, 15) is 22.8 Å². The molecule has 2 N–H and O–H groups in total. The molecule has 1 heterocycles. The normalized spacial score (nSPS) is 17.1. The van der Waals surface area contributed by atoms with Crippen LogP contribution in [0.3, 0.4) is 0 Å². The van der Waals surface area contributed by atoms with Crippen LogP contribution in [0.2, 0.25) is 0 Å². The zero-order valence-electron chi connectivity index (χ0n) is 14.1. The Kier molecular flexibility index (Phi) is 6.38. The van der Waals surface area contributed by atoms with E-state index < -0.39 is 35.1 Å². The number of morpholine rings is 1. The van der Waals surface area contributed by atoms with Gasteiger partial charge in [0.2, 0.25) is 0 Å². The number of carbonyl (C=O) groups excluding carboxylic acids is 2. The van der Waals surface area contributed by atoms with E-state index >= 15 is 0 Å². The van der Waals surface area contributed by atoms with Gasteiger partial charge >= 0.3 is 0 Å². The highest BCUT2D eigenvalue weighted by Gasteiger charge is 2.28. The van der Waals surface area contributed by atoms with E-state index in [0.717, 1.165) is 12.1 Å². The minimum absolute atomic E-state index is 0.0782. The minimum atomic E-state index is -1.64. The number of likely N-dealkylation sites (N-methyl/N-ethyl adjacent to an activating group) is 1. The van der Waals surface area contributed by atoms with Crippen molar-refractivity contribution in [2.75, 3.05) is 45.2 Å². The third-order valence-electron chi connectivity index (χ3n) is 4.22. The van der Waals surface area contributed by atoms with Crippen LogP contribution in [0, 0.1) is 17.5 Å². The number of ether oxygens (including phenoxy) is 1. The third-order valence-corrected chi connectivity index (χ3v) is 4.22. The molecule has 138 valence electrons. The van der Waals surface area contributed by atoms with Crippen LogP contribution in [-0.4, -0.2) is 62.7 Å². The van der Waals surface area contributed by atoms with Gasteiger partial charge < -0.3 is 19.9 Å². The van der Waals surface area contributed by atoms with E-state index in [0.29, 0.717) is 31.2 Å². The van der Waals surface area contributed by atoms with Gasteiger partial charge in [0.1, 0.15) is 0 Å². The average Bonchev–Trinajstić information content (AvgIpc) is 2.62. The molecule has 0 spiro atoms. The van der Waals surface area contributed by atoms with Gasteiger partial charge in [-0.25, -0.2) is 13.2 Å². The SMILES string of the molecule is C[C@H](C(=O)Nc1ccc(F)c(F)c1F)[NH+](C)CC(=O)N1CCOCC1. The molecule has 6 nitrogen and oxygen atoms in total. The van der Waals surface area contributed by atoms with E-state index in [1.807, 2.05) is 0 Å². The quantitative estimate of drug-likeness (QED) is 0.716. The van der Waals surface area contributed by atoms with Crippen LogP contribution in [0.1, 0.15) is 6.92 Å². The summed E-state index contributed by atoms with van der Waals surface area (Å²) >= 11 is 0. The van der Waals surface area contributed by atoms with Crippen molar-refractivity contribution >= 4 is 17.5 Å². The Balaban J connectivity index is 1.94. The van der Waals surface area contributed by atoms with E-state index in [4.69, 9.17) is 4.74 Å². The summed E-state index contributed by atoms with van der Waals surface area (Å²) < 4.78 is 44.9. The van der Waals surface area contributed by atoms with Gasteiger partial charge in [0.15, 0.2) is 30.0 Å². The van der Waals surface area contributed by atoms with Gasteiger partial charge in [-0.15, -0.1) is 0 Å². The number of hydrogen-bond donors (Lipinski definition) is 2. The number of nitrogens with one attached hydrogen (secondary N) is 2. The molecule has 0 aromatic heterocycles. The lowest BCUT2D eigenvalue weighted by Gasteiger charge is -2.28. The highest BCUT2D eigenvalue weighted by Crippen LogP contribution is 2.19. The molecule has 1 aliphatic heterocycles. The monoisotopic (exact) mass is 360 g/mol. The zero-order chi connectivity index (χ0) is 18.6. The lowest BCUT2D eigenvalue weighted by Crippen LogP contribution is -3.15. The first-order valence-corrected chi connectivity index (χ1v) is 7.93. The number of rotatable bonds is 5. The highest BCUT2D eigenvalue weighted by atomic mass is 19.2. The summed E-state index contributed by atoms with van der Waals surface area (Å²) in [7, 11) is 1.66. The van der Waals surface area contributed by atoms with Crippen LogP contribution in [0.5, 0.6) is 0 Å². The Morgan fingerprint density at radius 2 is 1.88 bits per heavy atom. The molecule has 0 radical (unpaired) electrons. The molecule has 0 bridgehead atoms. The second-order valence-corrected chi connectivity index (χ2v) is 5.95. The van der Waals surface area contributed by atoms with Crippen molar-refractivity contribution in [2.24, 2.45) is 0 Å². The standard InChI is InChI=1S/C16H20F3N3O3/c1-10(21(2)9-13(23)22-5-7-25-8-6-22)16(24)20-12-4-3-11(17)14(18)15(12)19/h3-4,10H,5-9H2,1-2H3,(H,20,24)/p+1/t10-/m1/s1. The summed E-state index contributed by atoms with van der Waals surface area (Å²) in [6.45, 7) is 3.62. The molecular weight excluding hydrogens is 339 g/mol. The van der Waals surface area contributed by atoms with Crippen LogP contribution in [0.4, 0.5) is 18.9 Å². The summed E-state index contributed by atoms with van der Waals surface area (Å²) in [6.07, 6.45) is 0. The summed E-state index contributed by atoms with van der Waals surface area (Å²) in [5.74, 6) is -5.14. The predicted octanol–water partition coefficient (Wildman–Crippen LogP) is -0.196. The first kappa shape index (κ1) is 19.2. The van der Waals surface area contributed by atoms with Gasteiger partial charge in [-0.1, -0.05) is 0 Å². The first-order chi connectivity index (χ1) is 11.8. The van der Waals surface area contributed by atoms with Crippen molar-refractivity contribution in [3.8, 4) is 0 Å². The molecule has 9 heteroatoms. The number of amides is 2. The van der Waals surface area contributed by atoms with Gasteiger partial charge in [0, 0.05) is 13.1 Å². The molecule has 1 aliphatic rings. The van der Waals surface area contributed by atoms with Gasteiger partial charge in [-0.2, -0.15) is 0 Å². The van der Waals surface area contributed by atoms with Crippen LogP contribution in [0.15, 0.2) is 12.1 Å². The van der Waals surface area contributed by atoms with Crippen molar-refractivity contribution in [2.45, 2.75) is 13.0 Å². The molecule has 0 saturated carbocycles. The Morgan fingerprint density at radius 3 is 2.52 bits per heavy atom. The number of nitrogens with zero attached hydrogens (tertiary/aromatic N) is 1. The fraction of sp³-hybridized carbons (Fsp3) is 0.500. The number of halogens is 3. The van der Waals surface area contributed by atoms with E-state index in [1.54, 1.807) is 18.9 Å². The minimum Gasteiger partial charge on any atom is -0.378 e. The molecule has 2 amide bonds. The van der Waals surface area contributed by atoms with Crippen LogP contribution in [-0.2, 0) is 14.3 Å². The maximum absolute atomic E-state index is 13.6. The van der Waals surface area contributed by atoms with Gasteiger partial charge in [-0.05, 0) is 19.1 Å². The lowest BCUT2D eigenvalue weighted by atomic mass is 10.2. The number of benzene rings is 1.